The molecule has 6 rings (SSSR count). The maximum absolute atomic E-state index is 13.7. The summed E-state index contributed by atoms with van der Waals surface area (Å²) in [7, 11) is 0. The van der Waals surface area contributed by atoms with Gasteiger partial charge in [0.2, 0.25) is 17.7 Å². The summed E-state index contributed by atoms with van der Waals surface area (Å²) < 4.78 is 6.93. The van der Waals surface area contributed by atoms with Gasteiger partial charge in [0.05, 0.1) is 38.6 Å². The van der Waals surface area contributed by atoms with Gasteiger partial charge in [0.1, 0.15) is 23.3 Å². The lowest BCUT2D eigenvalue weighted by Crippen LogP contribution is -2.32. The number of phenols is 1. The van der Waals surface area contributed by atoms with E-state index in [9.17, 15) is 34.4 Å². The van der Waals surface area contributed by atoms with Crippen LogP contribution < -0.4 is 15.1 Å². The van der Waals surface area contributed by atoms with Gasteiger partial charge in [-0.15, -0.1) is 0 Å². The first-order chi connectivity index (χ1) is 19.2. The van der Waals surface area contributed by atoms with Gasteiger partial charge in [-0.05, 0) is 48.5 Å². The molecule has 0 unspecified atom stereocenters. The number of phenolic OH excluding ortho intramolecular Hbond substituents is 1. The summed E-state index contributed by atoms with van der Waals surface area (Å²) in [6, 6.07) is 14.3. The summed E-state index contributed by atoms with van der Waals surface area (Å²) in [5.41, 5.74) is 0.444. The molecule has 12 nitrogen and oxygen atoms in total. The Morgan fingerprint density at radius 3 is 2.42 bits per heavy atom. The largest absolute Gasteiger partial charge is 0.508 e. The molecule has 14 heteroatoms. The van der Waals surface area contributed by atoms with Gasteiger partial charge in [-0.1, -0.05) is 23.1 Å². The molecule has 3 amide bonds. The number of anilines is 2. The zero-order valence-corrected chi connectivity index (χ0v) is 21.9. The second-order valence-electron chi connectivity index (χ2n) is 9.06. The number of non-ortho nitro benzene ring substituents is 1. The van der Waals surface area contributed by atoms with E-state index in [-0.39, 0.29) is 23.7 Å². The maximum atomic E-state index is 13.7. The van der Waals surface area contributed by atoms with Crippen LogP contribution in [0.15, 0.2) is 81.2 Å². The molecule has 4 heterocycles. The number of nitro benzene ring substituents is 1. The summed E-state index contributed by atoms with van der Waals surface area (Å²) in [6.07, 6.45) is 1.44. The quantitative estimate of drug-likeness (QED) is 0.151. The lowest BCUT2D eigenvalue weighted by molar-refractivity contribution is -0.384. The van der Waals surface area contributed by atoms with Crippen LogP contribution in [0.25, 0.3) is 0 Å². The zero-order chi connectivity index (χ0) is 28.1. The number of benzene rings is 2. The summed E-state index contributed by atoms with van der Waals surface area (Å²) in [5.74, 6) is -2.76. The first-order valence-corrected chi connectivity index (χ1v) is 13.6. The van der Waals surface area contributed by atoms with E-state index in [2.05, 4.69) is 5.32 Å². The molecule has 0 aliphatic carbocycles. The molecule has 40 heavy (non-hydrogen) atoms. The highest BCUT2D eigenvalue weighted by Crippen LogP contribution is 2.54. The molecule has 0 radical (unpaired) electrons. The summed E-state index contributed by atoms with van der Waals surface area (Å²) in [6.45, 7) is -0.338. The molecule has 4 aromatic rings. The minimum Gasteiger partial charge on any atom is -0.508 e. The fraction of sp³-hybridized carbons (Fsp3) is 0.154. The predicted octanol–water partition coefficient (Wildman–Crippen LogP) is 3.55. The molecule has 0 saturated carbocycles. The molecule has 2 aliphatic heterocycles. The number of furan rings is 1. The minimum absolute atomic E-state index is 0.0367. The van der Waals surface area contributed by atoms with E-state index in [0.29, 0.717) is 21.4 Å². The van der Waals surface area contributed by atoms with Crippen molar-refractivity contribution < 1.29 is 28.8 Å². The number of amides is 3. The molecule has 3 atom stereocenters. The summed E-state index contributed by atoms with van der Waals surface area (Å²) >= 11 is 1.93. The Bertz CT molecular complexity index is 1710. The molecule has 202 valence electrons. The van der Waals surface area contributed by atoms with Gasteiger partial charge < -0.3 is 14.8 Å². The van der Waals surface area contributed by atoms with Crippen molar-refractivity contribution in [1.82, 2.24) is 4.57 Å². The van der Waals surface area contributed by atoms with Crippen LogP contribution in [0.3, 0.4) is 0 Å². The molecule has 2 N–H and O–H groups in total. The van der Waals surface area contributed by atoms with Gasteiger partial charge in [0, 0.05) is 17.8 Å². The Morgan fingerprint density at radius 1 is 1.05 bits per heavy atom. The average molecular weight is 579 g/mol. The molecular weight excluding hydrogens is 560 g/mol. The molecule has 0 bridgehead atoms. The van der Waals surface area contributed by atoms with Crippen molar-refractivity contribution in [1.29, 1.82) is 0 Å². The zero-order valence-electron chi connectivity index (χ0n) is 20.3. The number of carbonyl (C=O) groups is 3. The highest BCUT2D eigenvalue weighted by atomic mass is 32.2. The number of fused-ring (bicyclic) bond motifs is 2. The van der Waals surface area contributed by atoms with Crippen molar-refractivity contribution in [2.24, 2.45) is 5.92 Å². The van der Waals surface area contributed by atoms with Crippen LogP contribution in [0.5, 0.6) is 5.75 Å². The van der Waals surface area contributed by atoms with Crippen LogP contribution in [-0.4, -0.2) is 37.6 Å². The number of thioether (sulfide) groups is 1. The standard InChI is InChI=1S/C26H18N4O8S2/c31-16-9-3-13(4-10-16)27-18(32)12-28-25-22(40-26(28)35)19(17-2-1-11-38-17)20-21(39-25)24(34)29(23(20)33)14-5-7-15(8-6-14)30(36)37/h1-11,19-21,31H,12H2,(H,27,32)/t19-,20-,21+/m0/s1. The SMILES string of the molecule is O=C(Cn1c2c(sc1=O)[C@@H](c1ccco1)[C@@H]1C(=O)N(c3ccc([N+](=O)[O-])cc3)C(=O)[C@@H]1S2)Nc1ccc(O)cc1. The number of rotatable bonds is 6. The number of hydrogen-bond acceptors (Lipinski definition) is 10. The van der Waals surface area contributed by atoms with Crippen molar-refractivity contribution >= 4 is 57.9 Å². The van der Waals surface area contributed by atoms with E-state index in [1.165, 1.54) is 59.4 Å². The van der Waals surface area contributed by atoms with Crippen molar-refractivity contribution in [2.75, 3.05) is 10.2 Å². The van der Waals surface area contributed by atoms with Crippen molar-refractivity contribution in [3.63, 3.8) is 0 Å². The Kier molecular flexibility index (Phi) is 6.27. The van der Waals surface area contributed by atoms with Crippen LogP contribution in [0.1, 0.15) is 16.6 Å². The average Bonchev–Trinajstić information content (AvgIpc) is 3.63. The number of aromatic nitrogens is 1. The molecule has 1 fully saturated rings. The van der Waals surface area contributed by atoms with Crippen LogP contribution in [0.4, 0.5) is 17.1 Å². The molecule has 1 saturated heterocycles. The number of thiazole rings is 1. The number of carbonyl (C=O) groups excluding carboxylic acids is 3. The third-order valence-electron chi connectivity index (χ3n) is 6.67. The molecule has 2 aromatic carbocycles. The van der Waals surface area contributed by atoms with Crippen LogP contribution in [-0.2, 0) is 20.9 Å². The Morgan fingerprint density at radius 2 is 1.77 bits per heavy atom. The third kappa shape index (κ3) is 4.26. The number of nitrogens with zero attached hydrogens (tertiary/aromatic N) is 3. The maximum Gasteiger partial charge on any atom is 0.308 e. The van der Waals surface area contributed by atoms with Crippen molar-refractivity contribution in [2.45, 2.75) is 22.7 Å². The van der Waals surface area contributed by atoms with Gasteiger partial charge >= 0.3 is 4.87 Å². The fourth-order valence-corrected chi connectivity index (χ4v) is 7.65. The van der Waals surface area contributed by atoms with Gasteiger partial charge in [-0.25, -0.2) is 4.90 Å². The first-order valence-electron chi connectivity index (χ1n) is 11.9. The topological polar surface area (TPSA) is 165 Å². The van der Waals surface area contributed by atoms with E-state index >= 15 is 0 Å². The minimum atomic E-state index is -0.925. The fourth-order valence-electron chi connectivity index (χ4n) is 4.90. The first kappa shape index (κ1) is 25.6. The normalized spacial score (nSPS) is 19.8. The van der Waals surface area contributed by atoms with Gasteiger partial charge in [-0.2, -0.15) is 0 Å². The van der Waals surface area contributed by atoms with Gasteiger partial charge in [-0.3, -0.25) is 33.9 Å². The smallest absolute Gasteiger partial charge is 0.308 e. The Labute approximate surface area is 233 Å². The van der Waals surface area contributed by atoms with Crippen molar-refractivity contribution in [3.8, 4) is 5.75 Å². The second-order valence-corrected chi connectivity index (χ2v) is 11.2. The Balaban J connectivity index is 1.36. The Hall–Kier alpha value is -4.69. The van der Waals surface area contributed by atoms with Gasteiger partial charge in [0.25, 0.3) is 5.69 Å². The number of aromatic hydroxyl groups is 1. The molecule has 2 aromatic heterocycles. The van der Waals surface area contributed by atoms with Crippen molar-refractivity contribution in [3.05, 3.63) is 97.3 Å². The van der Waals surface area contributed by atoms with E-state index in [0.717, 1.165) is 28.0 Å². The molecule has 0 spiro atoms. The summed E-state index contributed by atoms with van der Waals surface area (Å²) in [4.78, 5) is 64.9. The van der Waals surface area contributed by atoms with E-state index in [4.69, 9.17) is 4.42 Å². The van der Waals surface area contributed by atoms with E-state index in [1.807, 2.05) is 0 Å². The highest BCUT2D eigenvalue weighted by Gasteiger charge is 2.57. The number of nitrogens with one attached hydrogen (secondary N) is 1. The second kappa shape index (κ2) is 9.81. The van der Waals surface area contributed by atoms with Crippen LogP contribution in [0, 0.1) is 16.0 Å². The lowest BCUT2D eigenvalue weighted by atomic mass is 9.87. The highest BCUT2D eigenvalue weighted by molar-refractivity contribution is 8.00. The van der Waals surface area contributed by atoms with E-state index in [1.54, 1.807) is 12.1 Å². The lowest BCUT2D eigenvalue weighted by Gasteiger charge is -2.29. The predicted molar refractivity (Wildman–Crippen MR) is 145 cm³/mol. The molecular formula is C26H18N4O8S2. The number of hydrogen-bond donors (Lipinski definition) is 2. The van der Waals surface area contributed by atoms with Crippen LogP contribution >= 0.6 is 23.1 Å². The third-order valence-corrected chi connectivity index (χ3v) is 9.27. The number of imide groups is 1. The molecule has 2 aliphatic rings. The monoisotopic (exact) mass is 578 g/mol. The summed E-state index contributed by atoms with van der Waals surface area (Å²) in [5, 5.41) is 22.7. The number of nitro groups is 1. The van der Waals surface area contributed by atoms with Crippen LogP contribution in [0.2, 0.25) is 0 Å². The van der Waals surface area contributed by atoms with E-state index < -0.39 is 44.6 Å². The van der Waals surface area contributed by atoms with Gasteiger partial charge in [0.15, 0.2) is 0 Å².